The quantitative estimate of drug-likeness (QED) is 0.340. The van der Waals surface area contributed by atoms with Crippen LogP contribution in [0.3, 0.4) is 0 Å². The van der Waals surface area contributed by atoms with E-state index in [0.717, 1.165) is 5.56 Å². The maximum absolute atomic E-state index is 8.44. The van der Waals surface area contributed by atoms with Gasteiger partial charge < -0.3 is 9.94 Å². The molecule has 1 unspecified atom stereocenters. The fourth-order valence-electron chi connectivity index (χ4n) is 1.07. The second kappa shape index (κ2) is 5.79. The standard InChI is InChI=1S/C11H11NO2/c1-2-8-14-11(9-12-13)10-6-4-3-5-7-10/h1,3-7,9,11,13H,8H2. The highest BCUT2D eigenvalue weighted by molar-refractivity contribution is 5.65. The Bertz CT molecular complexity index is 327. The molecule has 0 aliphatic rings. The summed E-state index contributed by atoms with van der Waals surface area (Å²) in [5.74, 6) is 2.36. The molecule has 14 heavy (non-hydrogen) atoms. The first kappa shape index (κ1) is 10.3. The minimum Gasteiger partial charge on any atom is -0.411 e. The molecule has 0 aliphatic heterocycles. The van der Waals surface area contributed by atoms with Gasteiger partial charge in [-0.15, -0.1) is 6.42 Å². The zero-order chi connectivity index (χ0) is 10.2. The summed E-state index contributed by atoms with van der Waals surface area (Å²) in [7, 11) is 0. The van der Waals surface area contributed by atoms with Gasteiger partial charge in [-0.25, -0.2) is 0 Å². The molecular weight excluding hydrogens is 178 g/mol. The molecule has 0 saturated carbocycles. The molecule has 3 heteroatoms. The molecule has 0 amide bonds. The van der Waals surface area contributed by atoms with E-state index < -0.39 is 6.10 Å². The molecule has 0 radical (unpaired) electrons. The van der Waals surface area contributed by atoms with Crippen LogP contribution in [0.1, 0.15) is 11.7 Å². The Morgan fingerprint density at radius 3 is 2.79 bits per heavy atom. The maximum atomic E-state index is 8.44. The SMILES string of the molecule is C#CCOC(C=NO)c1ccccc1. The van der Waals surface area contributed by atoms with Crippen molar-refractivity contribution in [2.75, 3.05) is 6.61 Å². The van der Waals surface area contributed by atoms with E-state index in [9.17, 15) is 0 Å². The van der Waals surface area contributed by atoms with Crippen LogP contribution in [-0.4, -0.2) is 18.0 Å². The first-order chi connectivity index (χ1) is 6.88. The third kappa shape index (κ3) is 2.92. The van der Waals surface area contributed by atoms with Crippen LogP contribution >= 0.6 is 0 Å². The van der Waals surface area contributed by atoms with Crippen molar-refractivity contribution >= 4 is 6.21 Å². The largest absolute Gasteiger partial charge is 0.411 e. The molecule has 0 saturated heterocycles. The molecule has 1 atom stereocenters. The summed E-state index contributed by atoms with van der Waals surface area (Å²) in [6, 6.07) is 9.42. The number of ether oxygens (including phenoxy) is 1. The highest BCUT2D eigenvalue weighted by atomic mass is 16.5. The second-order valence-electron chi connectivity index (χ2n) is 2.61. The van der Waals surface area contributed by atoms with Crippen molar-refractivity contribution in [3.8, 4) is 12.3 Å². The molecule has 0 fully saturated rings. The molecular formula is C11H11NO2. The lowest BCUT2D eigenvalue weighted by atomic mass is 10.1. The molecule has 1 rings (SSSR count). The van der Waals surface area contributed by atoms with E-state index in [-0.39, 0.29) is 6.61 Å². The summed E-state index contributed by atoms with van der Waals surface area (Å²) in [6.45, 7) is 0.186. The minimum atomic E-state index is -0.391. The Morgan fingerprint density at radius 1 is 1.50 bits per heavy atom. The zero-order valence-electron chi connectivity index (χ0n) is 7.63. The first-order valence-electron chi connectivity index (χ1n) is 4.16. The van der Waals surface area contributed by atoms with Gasteiger partial charge in [0.1, 0.15) is 12.7 Å². The monoisotopic (exact) mass is 189 g/mol. The number of hydrogen-bond acceptors (Lipinski definition) is 3. The van der Waals surface area contributed by atoms with Gasteiger partial charge in [-0.2, -0.15) is 0 Å². The highest BCUT2D eigenvalue weighted by Crippen LogP contribution is 2.14. The fraction of sp³-hybridized carbons (Fsp3) is 0.182. The van der Waals surface area contributed by atoms with Crippen molar-refractivity contribution in [2.24, 2.45) is 5.16 Å². The Balaban J connectivity index is 2.73. The van der Waals surface area contributed by atoms with Crippen molar-refractivity contribution in [3.05, 3.63) is 35.9 Å². The average Bonchev–Trinajstić information content (AvgIpc) is 2.25. The summed E-state index contributed by atoms with van der Waals surface area (Å²) < 4.78 is 5.27. The summed E-state index contributed by atoms with van der Waals surface area (Å²) in [6.07, 6.45) is 5.98. The van der Waals surface area contributed by atoms with Crippen LogP contribution in [0.2, 0.25) is 0 Å². The average molecular weight is 189 g/mol. The van der Waals surface area contributed by atoms with Crippen LogP contribution in [0.5, 0.6) is 0 Å². The van der Waals surface area contributed by atoms with Crippen LogP contribution < -0.4 is 0 Å². The molecule has 0 heterocycles. The van der Waals surface area contributed by atoms with Crippen LogP contribution in [-0.2, 0) is 4.74 Å². The van der Waals surface area contributed by atoms with Gasteiger partial charge in [0, 0.05) is 0 Å². The van der Waals surface area contributed by atoms with Crippen molar-refractivity contribution in [1.29, 1.82) is 0 Å². The number of hydrogen-bond donors (Lipinski definition) is 1. The summed E-state index contributed by atoms with van der Waals surface area (Å²) >= 11 is 0. The van der Waals surface area contributed by atoms with Crippen LogP contribution in [0.4, 0.5) is 0 Å². The lowest BCUT2D eigenvalue weighted by Gasteiger charge is -2.10. The summed E-state index contributed by atoms with van der Waals surface area (Å²) in [5, 5.41) is 11.4. The van der Waals surface area contributed by atoms with E-state index in [1.54, 1.807) is 0 Å². The van der Waals surface area contributed by atoms with Gasteiger partial charge in [-0.05, 0) is 5.56 Å². The molecule has 3 nitrogen and oxygen atoms in total. The van der Waals surface area contributed by atoms with Crippen molar-refractivity contribution in [3.63, 3.8) is 0 Å². The third-order valence-corrected chi connectivity index (χ3v) is 1.68. The summed E-state index contributed by atoms with van der Waals surface area (Å²) in [5.41, 5.74) is 0.903. The molecule has 0 aliphatic carbocycles. The Hall–Kier alpha value is -1.79. The van der Waals surface area contributed by atoms with E-state index in [1.807, 2.05) is 30.3 Å². The Labute approximate surface area is 83.0 Å². The number of rotatable bonds is 4. The van der Waals surface area contributed by atoms with Gasteiger partial charge in [0.05, 0.1) is 6.21 Å². The van der Waals surface area contributed by atoms with Crippen molar-refractivity contribution in [1.82, 2.24) is 0 Å². The lowest BCUT2D eigenvalue weighted by Crippen LogP contribution is -2.06. The van der Waals surface area contributed by atoms with Gasteiger partial charge >= 0.3 is 0 Å². The van der Waals surface area contributed by atoms with E-state index in [1.165, 1.54) is 6.21 Å². The number of terminal acetylenes is 1. The van der Waals surface area contributed by atoms with Gasteiger partial charge in [0.15, 0.2) is 0 Å². The van der Waals surface area contributed by atoms with E-state index in [0.29, 0.717) is 0 Å². The van der Waals surface area contributed by atoms with Crippen molar-refractivity contribution in [2.45, 2.75) is 6.10 Å². The van der Waals surface area contributed by atoms with Crippen LogP contribution in [0.15, 0.2) is 35.5 Å². The van der Waals surface area contributed by atoms with E-state index in [4.69, 9.17) is 16.4 Å². The van der Waals surface area contributed by atoms with Gasteiger partial charge in [0.25, 0.3) is 0 Å². The number of oxime groups is 1. The highest BCUT2D eigenvalue weighted by Gasteiger charge is 2.07. The molecule has 0 aromatic heterocycles. The van der Waals surface area contributed by atoms with Crippen molar-refractivity contribution < 1.29 is 9.94 Å². The molecule has 1 aromatic rings. The fourth-order valence-corrected chi connectivity index (χ4v) is 1.07. The van der Waals surface area contributed by atoms with Gasteiger partial charge in [-0.1, -0.05) is 41.4 Å². The van der Waals surface area contributed by atoms with E-state index >= 15 is 0 Å². The zero-order valence-corrected chi connectivity index (χ0v) is 7.63. The second-order valence-corrected chi connectivity index (χ2v) is 2.61. The Kier molecular flexibility index (Phi) is 4.25. The number of nitrogens with zero attached hydrogens (tertiary/aromatic N) is 1. The predicted molar refractivity (Wildman–Crippen MR) is 54.2 cm³/mol. The first-order valence-corrected chi connectivity index (χ1v) is 4.16. The minimum absolute atomic E-state index is 0.186. The summed E-state index contributed by atoms with van der Waals surface area (Å²) in [4.78, 5) is 0. The molecule has 0 spiro atoms. The Morgan fingerprint density at radius 2 is 2.21 bits per heavy atom. The van der Waals surface area contributed by atoms with Gasteiger partial charge in [-0.3, -0.25) is 0 Å². The van der Waals surface area contributed by atoms with Crippen LogP contribution in [0.25, 0.3) is 0 Å². The van der Waals surface area contributed by atoms with Crippen LogP contribution in [0, 0.1) is 12.3 Å². The normalized spacial score (nSPS) is 12.5. The lowest BCUT2D eigenvalue weighted by molar-refractivity contribution is 0.129. The predicted octanol–water partition coefficient (Wildman–Crippen LogP) is 1.84. The molecule has 0 bridgehead atoms. The molecule has 72 valence electrons. The smallest absolute Gasteiger partial charge is 0.122 e. The van der Waals surface area contributed by atoms with E-state index in [2.05, 4.69) is 11.1 Å². The maximum Gasteiger partial charge on any atom is 0.122 e. The number of benzene rings is 1. The topological polar surface area (TPSA) is 41.8 Å². The molecule has 1 N–H and O–H groups in total. The molecule has 1 aromatic carbocycles. The third-order valence-electron chi connectivity index (χ3n) is 1.68. The van der Waals surface area contributed by atoms with Gasteiger partial charge in [0.2, 0.25) is 0 Å².